The number of nitrogens with zero attached hydrogens (tertiary/aromatic N) is 4. The number of hydrogen-bond donors (Lipinski definition) is 1. The number of carbonyl (C=O) groups excluding carboxylic acids is 2. The van der Waals surface area contributed by atoms with E-state index in [4.69, 9.17) is 9.47 Å². The van der Waals surface area contributed by atoms with Crippen LogP contribution >= 0.6 is 0 Å². The molecule has 0 unspecified atom stereocenters. The van der Waals surface area contributed by atoms with Gasteiger partial charge in [-0.05, 0) is 56.9 Å². The summed E-state index contributed by atoms with van der Waals surface area (Å²) in [7, 11) is 6.59. The number of hydrogen-bond acceptors (Lipinski definition) is 7. The molecule has 216 valence electrons. The van der Waals surface area contributed by atoms with Crippen LogP contribution in [0.3, 0.4) is 0 Å². The van der Waals surface area contributed by atoms with Crippen molar-refractivity contribution in [2.45, 2.75) is 38.1 Å². The Morgan fingerprint density at radius 1 is 0.800 bits per heavy atom. The summed E-state index contributed by atoms with van der Waals surface area (Å²) in [6.07, 6.45) is 2.66. The van der Waals surface area contributed by atoms with E-state index in [1.54, 1.807) is 33.2 Å². The predicted molar refractivity (Wildman–Crippen MR) is 153 cm³/mol. The van der Waals surface area contributed by atoms with Crippen LogP contribution in [0.5, 0.6) is 11.5 Å². The number of carbonyl (C=O) groups is 3. The van der Waals surface area contributed by atoms with Gasteiger partial charge in [0.15, 0.2) is 0 Å². The molecule has 3 amide bonds. The molecule has 3 heterocycles. The molecular weight excluding hydrogens is 512 g/mol. The first-order valence-corrected chi connectivity index (χ1v) is 13.6. The number of carboxylic acids is 1. The van der Waals surface area contributed by atoms with Crippen LogP contribution in [0.1, 0.15) is 32.6 Å². The second-order valence-corrected chi connectivity index (χ2v) is 11.0. The van der Waals surface area contributed by atoms with Crippen molar-refractivity contribution in [2.75, 3.05) is 64.3 Å². The van der Waals surface area contributed by atoms with Crippen molar-refractivity contribution in [3.05, 3.63) is 48.5 Å². The van der Waals surface area contributed by atoms with Gasteiger partial charge >= 0.3 is 12.0 Å². The summed E-state index contributed by atoms with van der Waals surface area (Å²) in [5.74, 6) is 0.888. The van der Waals surface area contributed by atoms with E-state index in [9.17, 15) is 19.5 Å². The zero-order valence-corrected chi connectivity index (χ0v) is 24.1. The van der Waals surface area contributed by atoms with E-state index in [2.05, 4.69) is 9.80 Å². The Labute approximate surface area is 236 Å². The zero-order chi connectivity index (χ0) is 29.1. The Bertz CT molecular complexity index is 1230. The number of amides is 3. The highest BCUT2D eigenvalue weighted by Crippen LogP contribution is 2.37. The third-order valence-corrected chi connectivity index (χ3v) is 8.73. The normalized spacial score (nSPS) is 19.8. The lowest BCUT2D eigenvalue weighted by Crippen LogP contribution is -2.55. The van der Waals surface area contributed by atoms with Crippen molar-refractivity contribution in [3.63, 3.8) is 0 Å². The average Bonchev–Trinajstić information content (AvgIpc) is 3.14. The molecule has 0 aliphatic carbocycles. The van der Waals surface area contributed by atoms with Crippen molar-refractivity contribution >= 4 is 29.3 Å². The summed E-state index contributed by atoms with van der Waals surface area (Å²) in [6.45, 7) is 4.86. The summed E-state index contributed by atoms with van der Waals surface area (Å²) in [5, 5.41) is 9.20. The maximum Gasteiger partial charge on any atom is 0.327 e. The number of piperidine rings is 2. The Balaban J connectivity index is 0.000000189. The number of rotatable bonds is 5. The molecule has 3 fully saturated rings. The standard InChI is InChI=1S/C16H21N3O3.C14H19NO3/c1-17-14(20)16(18(2)15(17)21)7-9-19(10-8-16)12-5-4-6-13(11-12)22-3;1-14(13(16)17)6-8-15(9-7-14)11-4-3-5-12(10-11)18-2/h4-6,11H,7-10H2,1-3H3;3-5,10H,6-9H2,1-2H3,(H,16,17). The van der Waals surface area contributed by atoms with Gasteiger partial charge in [0, 0.05) is 63.8 Å². The largest absolute Gasteiger partial charge is 0.497 e. The second-order valence-electron chi connectivity index (χ2n) is 11.0. The molecule has 0 saturated carbocycles. The summed E-state index contributed by atoms with van der Waals surface area (Å²) in [5.41, 5.74) is 0.945. The second kappa shape index (κ2) is 11.7. The van der Waals surface area contributed by atoms with Gasteiger partial charge in [-0.1, -0.05) is 12.1 Å². The SMILES string of the molecule is COc1cccc(N2CCC(C)(C(=O)O)CC2)c1.COc1cccc(N2CCC3(CC2)C(=O)N(C)C(=O)N3C)c1. The van der Waals surface area contributed by atoms with Crippen LogP contribution in [-0.2, 0) is 9.59 Å². The Morgan fingerprint density at radius 3 is 1.62 bits per heavy atom. The van der Waals surface area contributed by atoms with Crippen molar-refractivity contribution in [2.24, 2.45) is 5.41 Å². The van der Waals surface area contributed by atoms with E-state index >= 15 is 0 Å². The van der Waals surface area contributed by atoms with Crippen LogP contribution in [0.15, 0.2) is 48.5 Å². The van der Waals surface area contributed by atoms with E-state index in [1.807, 2.05) is 55.5 Å². The van der Waals surface area contributed by atoms with Crippen LogP contribution in [0.25, 0.3) is 0 Å². The van der Waals surface area contributed by atoms with E-state index in [1.165, 1.54) is 4.90 Å². The molecule has 0 atom stereocenters. The average molecular weight is 553 g/mol. The number of ether oxygens (including phenoxy) is 2. The molecule has 1 spiro atoms. The van der Waals surface area contributed by atoms with Crippen LogP contribution in [0, 0.1) is 5.41 Å². The fourth-order valence-corrected chi connectivity index (χ4v) is 5.72. The maximum atomic E-state index is 12.5. The number of carboxylic acid groups (broad SMARTS) is 1. The topological polar surface area (TPSA) is 103 Å². The van der Waals surface area contributed by atoms with Crippen molar-refractivity contribution in [1.82, 2.24) is 9.80 Å². The summed E-state index contributed by atoms with van der Waals surface area (Å²) >= 11 is 0. The quantitative estimate of drug-likeness (QED) is 0.557. The van der Waals surface area contributed by atoms with Crippen molar-refractivity contribution < 1.29 is 29.0 Å². The number of benzene rings is 2. The minimum atomic E-state index is -0.687. The summed E-state index contributed by atoms with van der Waals surface area (Å²) in [6, 6.07) is 15.6. The molecule has 2 aromatic carbocycles. The first kappa shape index (κ1) is 29.0. The van der Waals surface area contributed by atoms with Gasteiger partial charge in [0.05, 0.1) is 19.6 Å². The first-order chi connectivity index (χ1) is 19.0. The van der Waals surface area contributed by atoms with Crippen molar-refractivity contribution in [3.8, 4) is 11.5 Å². The third-order valence-electron chi connectivity index (χ3n) is 8.73. The van der Waals surface area contributed by atoms with Crippen LogP contribution in [0.4, 0.5) is 16.2 Å². The maximum absolute atomic E-state index is 12.5. The number of likely N-dealkylation sites (N-methyl/N-ethyl adjacent to an activating group) is 2. The molecular formula is C30H40N4O6. The highest BCUT2D eigenvalue weighted by Gasteiger charge is 2.55. The lowest BCUT2D eigenvalue weighted by atomic mass is 9.80. The van der Waals surface area contributed by atoms with Gasteiger partial charge < -0.3 is 29.3 Å². The molecule has 0 radical (unpaired) electrons. The minimum Gasteiger partial charge on any atom is -0.497 e. The summed E-state index contributed by atoms with van der Waals surface area (Å²) in [4.78, 5) is 43.0. The highest BCUT2D eigenvalue weighted by atomic mass is 16.5. The van der Waals surface area contributed by atoms with Gasteiger partial charge in [-0.3, -0.25) is 14.5 Å². The number of urea groups is 1. The molecule has 0 aromatic heterocycles. The minimum absolute atomic E-state index is 0.0784. The molecule has 3 aliphatic heterocycles. The number of aliphatic carboxylic acids is 1. The zero-order valence-electron chi connectivity index (χ0n) is 24.1. The van der Waals surface area contributed by atoms with Gasteiger partial charge in [-0.15, -0.1) is 0 Å². The van der Waals surface area contributed by atoms with E-state index in [0.29, 0.717) is 25.7 Å². The highest BCUT2D eigenvalue weighted by molar-refractivity contribution is 6.06. The van der Waals surface area contributed by atoms with Crippen LogP contribution < -0.4 is 19.3 Å². The molecule has 10 heteroatoms. The van der Waals surface area contributed by atoms with E-state index < -0.39 is 16.9 Å². The molecule has 2 aromatic rings. The monoisotopic (exact) mass is 552 g/mol. The van der Waals surface area contributed by atoms with E-state index in [0.717, 1.165) is 49.1 Å². The van der Waals surface area contributed by atoms with Gasteiger partial charge in [-0.25, -0.2) is 4.79 Å². The van der Waals surface area contributed by atoms with Crippen molar-refractivity contribution in [1.29, 1.82) is 0 Å². The van der Waals surface area contributed by atoms with Gasteiger partial charge in [0.2, 0.25) is 0 Å². The molecule has 3 saturated heterocycles. The molecule has 0 bridgehead atoms. The Kier molecular flexibility index (Phi) is 8.46. The number of anilines is 2. The fourth-order valence-electron chi connectivity index (χ4n) is 5.72. The predicted octanol–water partition coefficient (Wildman–Crippen LogP) is 3.94. The molecule has 10 nitrogen and oxygen atoms in total. The van der Waals surface area contributed by atoms with E-state index in [-0.39, 0.29) is 11.9 Å². The number of methoxy groups -OCH3 is 2. The number of imide groups is 1. The smallest absolute Gasteiger partial charge is 0.327 e. The van der Waals surface area contributed by atoms with Crippen LogP contribution in [0.2, 0.25) is 0 Å². The summed E-state index contributed by atoms with van der Waals surface area (Å²) < 4.78 is 10.5. The molecule has 5 rings (SSSR count). The fraction of sp³-hybridized carbons (Fsp3) is 0.500. The molecule has 1 N–H and O–H groups in total. The molecule has 3 aliphatic rings. The Hall–Kier alpha value is -3.95. The third kappa shape index (κ3) is 5.52. The lowest BCUT2D eigenvalue weighted by molar-refractivity contribution is -0.149. The van der Waals surface area contributed by atoms with Gasteiger partial charge in [0.1, 0.15) is 17.0 Å². The lowest BCUT2D eigenvalue weighted by Gasteiger charge is -2.41. The first-order valence-electron chi connectivity index (χ1n) is 13.6. The Morgan fingerprint density at radius 2 is 1.25 bits per heavy atom. The molecule has 40 heavy (non-hydrogen) atoms. The van der Waals surface area contributed by atoms with Gasteiger partial charge in [-0.2, -0.15) is 0 Å². The van der Waals surface area contributed by atoms with Crippen LogP contribution in [-0.4, -0.2) is 92.8 Å². The van der Waals surface area contributed by atoms with Gasteiger partial charge in [0.25, 0.3) is 5.91 Å².